The second-order valence-electron chi connectivity index (χ2n) is 2.45. The zero-order valence-electron chi connectivity index (χ0n) is 6.78. The first-order valence-electron chi connectivity index (χ1n) is 3.22. The Balaban J connectivity index is 3.44. The minimum absolute atomic E-state index is 0.399. The Bertz CT molecular complexity index is 501. The smallest absolute Gasteiger partial charge is 0.239 e. The molecule has 0 aromatic carbocycles. The molecule has 0 spiro atoms. The molecular weight excluding hydrogens is 230 g/mol. The van der Waals surface area contributed by atoms with E-state index in [1.807, 2.05) is 0 Å². The van der Waals surface area contributed by atoms with Gasteiger partial charge in [0.2, 0.25) is 20.0 Å². The first kappa shape index (κ1) is 11.0. The number of aromatic nitrogens is 1. The largest absolute Gasteiger partial charge is 0.262 e. The van der Waals surface area contributed by atoms with Crippen molar-refractivity contribution >= 4 is 20.0 Å². The van der Waals surface area contributed by atoms with Gasteiger partial charge in [-0.2, -0.15) is 0 Å². The van der Waals surface area contributed by atoms with Crippen LogP contribution in [0.25, 0.3) is 0 Å². The SMILES string of the molecule is NS(=O)(=O)c1cncc(S(N)(=O)=O)c1. The quantitative estimate of drug-likeness (QED) is 0.637. The Morgan fingerprint density at radius 1 is 0.929 bits per heavy atom. The molecule has 4 N–H and O–H groups in total. The van der Waals surface area contributed by atoms with Crippen molar-refractivity contribution in [1.82, 2.24) is 4.98 Å². The molecule has 0 fully saturated rings. The minimum atomic E-state index is -3.97. The Morgan fingerprint density at radius 2 is 1.29 bits per heavy atom. The van der Waals surface area contributed by atoms with Gasteiger partial charge in [-0.15, -0.1) is 0 Å². The van der Waals surface area contributed by atoms with Gasteiger partial charge in [0.1, 0.15) is 9.79 Å². The lowest BCUT2D eigenvalue weighted by Gasteiger charge is -1.99. The van der Waals surface area contributed by atoms with Crippen LogP contribution in [0.15, 0.2) is 28.3 Å². The zero-order valence-corrected chi connectivity index (χ0v) is 8.42. The fourth-order valence-electron chi connectivity index (χ4n) is 0.710. The highest BCUT2D eigenvalue weighted by atomic mass is 32.2. The average molecular weight is 237 g/mol. The highest BCUT2D eigenvalue weighted by Gasteiger charge is 2.14. The molecule has 0 atom stereocenters. The van der Waals surface area contributed by atoms with Crippen molar-refractivity contribution in [3.63, 3.8) is 0 Å². The van der Waals surface area contributed by atoms with E-state index >= 15 is 0 Å². The molecule has 0 aliphatic heterocycles. The molecule has 0 unspecified atom stereocenters. The number of nitrogens with zero attached hydrogens (tertiary/aromatic N) is 1. The van der Waals surface area contributed by atoms with Crippen LogP contribution in [0, 0.1) is 0 Å². The van der Waals surface area contributed by atoms with E-state index < -0.39 is 29.8 Å². The third-order valence-electron chi connectivity index (χ3n) is 1.35. The molecule has 14 heavy (non-hydrogen) atoms. The van der Waals surface area contributed by atoms with E-state index in [-0.39, 0.29) is 0 Å². The van der Waals surface area contributed by atoms with Gasteiger partial charge >= 0.3 is 0 Å². The number of hydrogen-bond donors (Lipinski definition) is 2. The second-order valence-corrected chi connectivity index (χ2v) is 5.57. The van der Waals surface area contributed by atoms with Gasteiger partial charge in [0.05, 0.1) is 0 Å². The lowest BCUT2D eigenvalue weighted by atomic mass is 10.5. The molecule has 0 amide bonds. The highest BCUT2D eigenvalue weighted by molar-refractivity contribution is 7.90. The summed E-state index contributed by atoms with van der Waals surface area (Å²) < 4.78 is 43.3. The zero-order chi connectivity index (χ0) is 11.0. The molecule has 78 valence electrons. The van der Waals surface area contributed by atoms with E-state index in [1.54, 1.807) is 0 Å². The number of pyridine rings is 1. The maximum Gasteiger partial charge on any atom is 0.239 e. The molecule has 1 heterocycles. The molecule has 0 saturated heterocycles. The van der Waals surface area contributed by atoms with Gasteiger partial charge < -0.3 is 0 Å². The Kier molecular flexibility index (Phi) is 2.58. The molecule has 0 radical (unpaired) electrons. The molecule has 0 bridgehead atoms. The molecular formula is C5H7N3O4S2. The molecule has 1 rings (SSSR count). The summed E-state index contributed by atoms with van der Waals surface area (Å²) in [6, 6.07) is 0.845. The predicted octanol–water partition coefficient (Wildman–Crippen LogP) is -1.62. The third kappa shape index (κ3) is 2.48. The lowest BCUT2D eigenvalue weighted by Crippen LogP contribution is -2.16. The monoisotopic (exact) mass is 237 g/mol. The fourth-order valence-corrected chi connectivity index (χ4v) is 1.78. The lowest BCUT2D eigenvalue weighted by molar-refractivity contribution is 0.595. The topological polar surface area (TPSA) is 133 Å². The van der Waals surface area contributed by atoms with E-state index in [2.05, 4.69) is 4.98 Å². The van der Waals surface area contributed by atoms with Gasteiger partial charge in [-0.3, -0.25) is 4.98 Å². The van der Waals surface area contributed by atoms with Crippen molar-refractivity contribution in [3.05, 3.63) is 18.5 Å². The Labute approximate surface area is 80.9 Å². The number of primary sulfonamides is 2. The van der Waals surface area contributed by atoms with Gasteiger partial charge in [0, 0.05) is 12.4 Å². The second kappa shape index (κ2) is 3.28. The van der Waals surface area contributed by atoms with Crippen LogP contribution in [0.4, 0.5) is 0 Å². The van der Waals surface area contributed by atoms with E-state index in [0.29, 0.717) is 0 Å². The van der Waals surface area contributed by atoms with Gasteiger partial charge in [-0.05, 0) is 6.07 Å². The fraction of sp³-hybridized carbons (Fsp3) is 0. The first-order chi connectivity index (χ1) is 6.21. The summed E-state index contributed by atoms with van der Waals surface area (Å²) in [4.78, 5) is 2.60. The van der Waals surface area contributed by atoms with Crippen molar-refractivity contribution < 1.29 is 16.8 Å². The summed E-state index contributed by atoms with van der Waals surface area (Å²) in [7, 11) is -7.94. The van der Waals surface area contributed by atoms with E-state index in [4.69, 9.17) is 10.3 Å². The molecule has 9 heteroatoms. The Morgan fingerprint density at radius 3 is 1.57 bits per heavy atom. The summed E-state index contributed by atoms with van der Waals surface area (Å²) in [5, 5.41) is 9.53. The number of sulfonamides is 2. The molecule has 1 aromatic rings. The van der Waals surface area contributed by atoms with Crippen molar-refractivity contribution in [2.75, 3.05) is 0 Å². The summed E-state index contributed by atoms with van der Waals surface area (Å²) >= 11 is 0. The molecule has 0 saturated carbocycles. The van der Waals surface area contributed by atoms with E-state index in [9.17, 15) is 16.8 Å². The summed E-state index contributed by atoms with van der Waals surface area (Å²) in [5.41, 5.74) is 0. The van der Waals surface area contributed by atoms with Gasteiger partial charge in [-0.1, -0.05) is 0 Å². The van der Waals surface area contributed by atoms with Crippen LogP contribution in [0.1, 0.15) is 0 Å². The number of rotatable bonds is 2. The van der Waals surface area contributed by atoms with Gasteiger partial charge in [-0.25, -0.2) is 27.1 Å². The molecule has 0 aliphatic carbocycles. The summed E-state index contributed by atoms with van der Waals surface area (Å²) in [6.07, 6.45) is 1.87. The van der Waals surface area contributed by atoms with Crippen molar-refractivity contribution in [3.8, 4) is 0 Å². The first-order valence-corrected chi connectivity index (χ1v) is 6.31. The molecule has 7 nitrogen and oxygen atoms in total. The van der Waals surface area contributed by atoms with Crippen LogP contribution in [-0.2, 0) is 20.0 Å². The maximum absolute atomic E-state index is 10.8. The van der Waals surface area contributed by atoms with Crippen molar-refractivity contribution in [2.45, 2.75) is 9.79 Å². The summed E-state index contributed by atoms with van der Waals surface area (Å²) in [5.74, 6) is 0. The summed E-state index contributed by atoms with van der Waals surface area (Å²) in [6.45, 7) is 0. The van der Waals surface area contributed by atoms with Crippen LogP contribution in [-0.4, -0.2) is 21.8 Å². The van der Waals surface area contributed by atoms with Crippen LogP contribution < -0.4 is 10.3 Å². The van der Waals surface area contributed by atoms with Gasteiger partial charge in [0.25, 0.3) is 0 Å². The average Bonchev–Trinajstić information content (AvgIpc) is 2.01. The maximum atomic E-state index is 10.8. The molecule has 0 aliphatic rings. The van der Waals surface area contributed by atoms with Crippen LogP contribution in [0.3, 0.4) is 0 Å². The predicted molar refractivity (Wildman–Crippen MR) is 47.0 cm³/mol. The highest BCUT2D eigenvalue weighted by Crippen LogP contribution is 2.10. The number of nitrogens with two attached hydrogens (primary N) is 2. The number of hydrogen-bond acceptors (Lipinski definition) is 5. The Hall–Kier alpha value is -1.03. The minimum Gasteiger partial charge on any atom is -0.262 e. The van der Waals surface area contributed by atoms with E-state index in [0.717, 1.165) is 18.5 Å². The van der Waals surface area contributed by atoms with Crippen LogP contribution in [0.5, 0.6) is 0 Å². The van der Waals surface area contributed by atoms with Crippen LogP contribution in [0.2, 0.25) is 0 Å². The van der Waals surface area contributed by atoms with Gasteiger partial charge in [0.15, 0.2) is 0 Å². The molecule has 1 aromatic heterocycles. The normalized spacial score (nSPS) is 12.7. The third-order valence-corrected chi connectivity index (χ3v) is 3.11. The van der Waals surface area contributed by atoms with Crippen molar-refractivity contribution in [1.29, 1.82) is 0 Å². The standard InChI is InChI=1S/C5H7N3O4S2/c6-13(9,10)4-1-5(3-8-2-4)14(7,11)12/h1-3H,(H2,6,9,10)(H2,7,11,12). The van der Waals surface area contributed by atoms with Crippen LogP contribution >= 0.6 is 0 Å². The van der Waals surface area contributed by atoms with E-state index in [1.165, 1.54) is 0 Å². The van der Waals surface area contributed by atoms with Crippen molar-refractivity contribution in [2.24, 2.45) is 10.3 Å².